The Hall–Kier alpha value is -0.860. The van der Waals surface area contributed by atoms with Gasteiger partial charge in [-0.1, -0.05) is 37.3 Å². The molecule has 0 heterocycles. The van der Waals surface area contributed by atoms with Gasteiger partial charge in [-0.25, -0.2) is 0 Å². The molecule has 1 N–H and O–H groups in total. The van der Waals surface area contributed by atoms with E-state index < -0.39 is 0 Å². The molecule has 0 saturated carbocycles. The largest absolute Gasteiger partial charge is 0.379 e. The Morgan fingerprint density at radius 2 is 1.83 bits per heavy atom. The number of unbranched alkanes of at least 4 members (excludes halogenated alkanes) is 1. The number of nitrogens with one attached hydrogen (secondary N) is 1. The average Bonchev–Trinajstić information content (AvgIpc) is 2.38. The van der Waals surface area contributed by atoms with Crippen LogP contribution in [0.3, 0.4) is 0 Å². The van der Waals surface area contributed by atoms with Crippen molar-refractivity contribution in [3.05, 3.63) is 35.9 Å². The summed E-state index contributed by atoms with van der Waals surface area (Å²) in [4.78, 5) is 0. The maximum Gasteiger partial charge on any atom is 0.0518 e. The lowest BCUT2D eigenvalue weighted by molar-refractivity contribution is 0.0759. The van der Waals surface area contributed by atoms with Crippen molar-refractivity contribution in [2.45, 2.75) is 52.2 Å². The molecule has 18 heavy (non-hydrogen) atoms. The van der Waals surface area contributed by atoms with Gasteiger partial charge in [0, 0.05) is 12.6 Å². The molecule has 0 aromatic heterocycles. The molecule has 2 heteroatoms. The van der Waals surface area contributed by atoms with Crippen molar-refractivity contribution in [2.24, 2.45) is 0 Å². The Kier molecular flexibility index (Phi) is 7.70. The number of hydrogen-bond acceptors (Lipinski definition) is 2. The quantitative estimate of drug-likeness (QED) is 0.669. The van der Waals surface area contributed by atoms with Crippen LogP contribution < -0.4 is 5.32 Å². The summed E-state index contributed by atoms with van der Waals surface area (Å²) in [7, 11) is 0. The van der Waals surface area contributed by atoms with Gasteiger partial charge >= 0.3 is 0 Å². The zero-order valence-electron chi connectivity index (χ0n) is 12.0. The van der Waals surface area contributed by atoms with Crippen molar-refractivity contribution in [3.8, 4) is 0 Å². The lowest BCUT2D eigenvalue weighted by atomic mass is 10.0. The summed E-state index contributed by atoms with van der Waals surface area (Å²) in [5, 5.41) is 3.62. The molecule has 0 aliphatic heterocycles. The summed E-state index contributed by atoms with van der Waals surface area (Å²) in [6.45, 7) is 8.34. The van der Waals surface area contributed by atoms with Gasteiger partial charge in [0.1, 0.15) is 0 Å². The van der Waals surface area contributed by atoms with Crippen LogP contribution in [0.15, 0.2) is 30.3 Å². The summed E-state index contributed by atoms with van der Waals surface area (Å²) in [6.07, 6.45) is 3.80. The SMILES string of the molecule is CCC(NCCCCOC(C)C)c1ccccc1. The molecule has 0 amide bonds. The van der Waals surface area contributed by atoms with Crippen molar-refractivity contribution >= 4 is 0 Å². The Bertz CT molecular complexity index is 297. The molecule has 1 rings (SSSR count). The van der Waals surface area contributed by atoms with Crippen LogP contribution >= 0.6 is 0 Å². The highest BCUT2D eigenvalue weighted by molar-refractivity contribution is 5.18. The highest BCUT2D eigenvalue weighted by Crippen LogP contribution is 2.15. The third-order valence-electron chi connectivity index (χ3n) is 3.02. The van der Waals surface area contributed by atoms with Gasteiger partial charge in [-0.05, 0) is 45.2 Å². The van der Waals surface area contributed by atoms with Crippen LogP contribution in [0.2, 0.25) is 0 Å². The maximum atomic E-state index is 5.53. The molecule has 1 aromatic rings. The van der Waals surface area contributed by atoms with Crippen LogP contribution in [-0.2, 0) is 4.74 Å². The van der Waals surface area contributed by atoms with Crippen LogP contribution in [0.25, 0.3) is 0 Å². The van der Waals surface area contributed by atoms with Crippen LogP contribution in [0.1, 0.15) is 51.6 Å². The van der Waals surface area contributed by atoms with Crippen molar-refractivity contribution in [1.82, 2.24) is 5.32 Å². The Balaban J connectivity index is 2.17. The average molecular weight is 249 g/mol. The molecule has 1 aromatic carbocycles. The predicted octanol–water partition coefficient (Wildman–Crippen LogP) is 3.93. The Morgan fingerprint density at radius 1 is 1.11 bits per heavy atom. The molecule has 0 radical (unpaired) electrons. The van der Waals surface area contributed by atoms with E-state index in [0.29, 0.717) is 12.1 Å². The molecule has 2 nitrogen and oxygen atoms in total. The van der Waals surface area contributed by atoms with E-state index in [9.17, 15) is 0 Å². The lowest BCUT2D eigenvalue weighted by Crippen LogP contribution is -2.22. The van der Waals surface area contributed by atoms with Gasteiger partial charge < -0.3 is 10.1 Å². The first-order chi connectivity index (χ1) is 8.74. The van der Waals surface area contributed by atoms with Gasteiger partial charge in [0.25, 0.3) is 0 Å². The minimum Gasteiger partial charge on any atom is -0.379 e. The van der Waals surface area contributed by atoms with Crippen LogP contribution in [0.5, 0.6) is 0 Å². The zero-order chi connectivity index (χ0) is 13.2. The predicted molar refractivity (Wildman–Crippen MR) is 77.8 cm³/mol. The van der Waals surface area contributed by atoms with Gasteiger partial charge in [0.15, 0.2) is 0 Å². The third kappa shape index (κ3) is 6.18. The number of rotatable bonds is 9. The van der Waals surface area contributed by atoms with E-state index >= 15 is 0 Å². The van der Waals surface area contributed by atoms with Gasteiger partial charge in [-0.15, -0.1) is 0 Å². The normalized spacial score (nSPS) is 12.9. The van der Waals surface area contributed by atoms with E-state index in [1.807, 2.05) is 0 Å². The minimum absolute atomic E-state index is 0.352. The molecule has 1 unspecified atom stereocenters. The van der Waals surface area contributed by atoms with E-state index in [0.717, 1.165) is 26.0 Å². The lowest BCUT2D eigenvalue weighted by Gasteiger charge is -2.17. The first kappa shape index (κ1) is 15.2. The number of hydrogen-bond donors (Lipinski definition) is 1. The molecule has 0 spiro atoms. The van der Waals surface area contributed by atoms with E-state index in [1.54, 1.807) is 0 Å². The molecule has 0 saturated heterocycles. The second kappa shape index (κ2) is 9.12. The molecular weight excluding hydrogens is 222 g/mol. The van der Waals surface area contributed by atoms with Crippen LogP contribution in [-0.4, -0.2) is 19.3 Å². The second-order valence-corrected chi connectivity index (χ2v) is 4.95. The minimum atomic E-state index is 0.352. The number of ether oxygens (including phenoxy) is 1. The fourth-order valence-corrected chi connectivity index (χ4v) is 2.01. The zero-order valence-corrected chi connectivity index (χ0v) is 12.0. The summed E-state index contributed by atoms with van der Waals surface area (Å²) >= 11 is 0. The second-order valence-electron chi connectivity index (χ2n) is 4.95. The molecule has 0 aliphatic rings. The van der Waals surface area contributed by atoms with Crippen LogP contribution in [0, 0.1) is 0 Å². The summed E-state index contributed by atoms with van der Waals surface area (Å²) in [5.41, 5.74) is 1.39. The molecule has 102 valence electrons. The van der Waals surface area contributed by atoms with Crippen molar-refractivity contribution in [2.75, 3.05) is 13.2 Å². The van der Waals surface area contributed by atoms with E-state index in [1.165, 1.54) is 12.0 Å². The smallest absolute Gasteiger partial charge is 0.0518 e. The standard InChI is InChI=1S/C16H27NO/c1-4-16(15-10-6-5-7-11-15)17-12-8-9-13-18-14(2)3/h5-7,10-11,14,16-17H,4,8-9,12-13H2,1-3H3. The van der Waals surface area contributed by atoms with Gasteiger partial charge in [0.2, 0.25) is 0 Å². The highest BCUT2D eigenvalue weighted by Gasteiger charge is 2.06. The van der Waals surface area contributed by atoms with Crippen molar-refractivity contribution < 1.29 is 4.74 Å². The van der Waals surface area contributed by atoms with Crippen LogP contribution in [0.4, 0.5) is 0 Å². The molecule has 0 fully saturated rings. The summed E-state index contributed by atoms with van der Waals surface area (Å²) < 4.78 is 5.53. The van der Waals surface area contributed by atoms with Gasteiger partial charge in [-0.2, -0.15) is 0 Å². The van der Waals surface area contributed by atoms with E-state index in [4.69, 9.17) is 4.74 Å². The van der Waals surface area contributed by atoms with E-state index in [-0.39, 0.29) is 0 Å². The molecule has 1 atom stereocenters. The summed E-state index contributed by atoms with van der Waals surface area (Å²) in [5.74, 6) is 0. The fraction of sp³-hybridized carbons (Fsp3) is 0.625. The number of benzene rings is 1. The van der Waals surface area contributed by atoms with Crippen molar-refractivity contribution in [1.29, 1.82) is 0 Å². The highest BCUT2D eigenvalue weighted by atomic mass is 16.5. The Morgan fingerprint density at radius 3 is 2.44 bits per heavy atom. The van der Waals surface area contributed by atoms with Gasteiger partial charge in [-0.3, -0.25) is 0 Å². The molecular formula is C16H27NO. The monoisotopic (exact) mass is 249 g/mol. The third-order valence-corrected chi connectivity index (χ3v) is 3.02. The fourth-order valence-electron chi connectivity index (χ4n) is 2.01. The van der Waals surface area contributed by atoms with Gasteiger partial charge in [0.05, 0.1) is 6.10 Å². The van der Waals surface area contributed by atoms with Crippen molar-refractivity contribution in [3.63, 3.8) is 0 Å². The first-order valence-corrected chi connectivity index (χ1v) is 7.14. The summed E-state index contributed by atoms with van der Waals surface area (Å²) in [6, 6.07) is 11.2. The van der Waals surface area contributed by atoms with E-state index in [2.05, 4.69) is 56.4 Å². The molecule has 0 aliphatic carbocycles. The topological polar surface area (TPSA) is 21.3 Å². The first-order valence-electron chi connectivity index (χ1n) is 7.14. The molecule has 0 bridgehead atoms. The maximum absolute atomic E-state index is 5.53. The Labute approximate surface area is 112 Å².